The van der Waals surface area contributed by atoms with Crippen molar-refractivity contribution in [1.82, 2.24) is 5.32 Å². The largest absolute Gasteiger partial charge is 0.478 e. The normalized spacial score (nSPS) is 9.16. The number of anilines is 1. The van der Waals surface area contributed by atoms with Gasteiger partial charge < -0.3 is 15.7 Å². The summed E-state index contributed by atoms with van der Waals surface area (Å²) in [6, 6.07) is 4.37. The fourth-order valence-electron chi connectivity index (χ4n) is 1.47. The molecule has 0 radical (unpaired) electrons. The molecule has 1 aromatic rings. The molecule has 0 atom stereocenters. The number of urea groups is 1. The van der Waals surface area contributed by atoms with Gasteiger partial charge in [0.25, 0.3) is 0 Å². The summed E-state index contributed by atoms with van der Waals surface area (Å²) in [5.41, 5.74) is 1.27. The zero-order valence-corrected chi connectivity index (χ0v) is 10.9. The van der Waals surface area contributed by atoms with Gasteiger partial charge in [0, 0.05) is 18.7 Å². The van der Waals surface area contributed by atoms with Crippen molar-refractivity contribution in [3.05, 3.63) is 29.3 Å². The van der Waals surface area contributed by atoms with Crippen molar-refractivity contribution in [3.8, 4) is 11.8 Å². The van der Waals surface area contributed by atoms with Gasteiger partial charge in [-0.3, -0.25) is 0 Å². The van der Waals surface area contributed by atoms with Crippen LogP contribution in [0, 0.1) is 18.8 Å². The monoisotopic (exact) mass is 260 g/mol. The Morgan fingerprint density at radius 3 is 2.74 bits per heavy atom. The van der Waals surface area contributed by atoms with Crippen LogP contribution in [0.4, 0.5) is 10.5 Å². The molecule has 0 aliphatic carbocycles. The molecule has 0 unspecified atom stereocenters. The fourth-order valence-corrected chi connectivity index (χ4v) is 1.47. The smallest absolute Gasteiger partial charge is 0.336 e. The molecule has 0 heterocycles. The van der Waals surface area contributed by atoms with E-state index in [1.54, 1.807) is 26.0 Å². The number of carboxylic acids is 1. The first kappa shape index (κ1) is 14.6. The zero-order valence-electron chi connectivity index (χ0n) is 10.9. The number of carbonyl (C=O) groups is 2. The van der Waals surface area contributed by atoms with E-state index in [1.807, 2.05) is 0 Å². The fraction of sp³-hybridized carbons (Fsp3) is 0.286. The van der Waals surface area contributed by atoms with E-state index in [4.69, 9.17) is 5.11 Å². The number of rotatable bonds is 4. The molecule has 19 heavy (non-hydrogen) atoms. The first-order valence-electron chi connectivity index (χ1n) is 5.83. The van der Waals surface area contributed by atoms with E-state index in [2.05, 4.69) is 22.5 Å². The number of carbonyl (C=O) groups excluding carboxylic acids is 1. The van der Waals surface area contributed by atoms with Crippen molar-refractivity contribution in [1.29, 1.82) is 0 Å². The molecule has 0 bridgehead atoms. The highest BCUT2D eigenvalue weighted by Gasteiger charge is 2.09. The Morgan fingerprint density at radius 2 is 2.11 bits per heavy atom. The van der Waals surface area contributed by atoms with Crippen LogP contribution in [0.2, 0.25) is 0 Å². The summed E-state index contributed by atoms with van der Waals surface area (Å²) in [6.07, 6.45) is 0.582. The van der Waals surface area contributed by atoms with Crippen LogP contribution in [0.15, 0.2) is 18.2 Å². The highest BCUT2D eigenvalue weighted by Crippen LogP contribution is 2.15. The van der Waals surface area contributed by atoms with Crippen LogP contribution in [0.3, 0.4) is 0 Å². The van der Waals surface area contributed by atoms with Crippen LogP contribution in [-0.2, 0) is 0 Å². The summed E-state index contributed by atoms with van der Waals surface area (Å²) < 4.78 is 0. The van der Waals surface area contributed by atoms with Crippen molar-refractivity contribution in [2.24, 2.45) is 0 Å². The second-order valence-corrected chi connectivity index (χ2v) is 3.89. The number of hydrogen-bond donors (Lipinski definition) is 3. The summed E-state index contributed by atoms with van der Waals surface area (Å²) in [5.74, 6) is 4.54. The van der Waals surface area contributed by atoms with Gasteiger partial charge in [-0.25, -0.2) is 9.59 Å². The maximum atomic E-state index is 11.5. The average molecular weight is 260 g/mol. The van der Waals surface area contributed by atoms with Crippen LogP contribution < -0.4 is 10.6 Å². The minimum absolute atomic E-state index is 0.176. The minimum Gasteiger partial charge on any atom is -0.478 e. The molecule has 0 aliphatic heterocycles. The summed E-state index contributed by atoms with van der Waals surface area (Å²) in [6.45, 7) is 3.89. The lowest BCUT2D eigenvalue weighted by Gasteiger charge is -2.08. The number of aryl methyl sites for hydroxylation is 1. The maximum absolute atomic E-state index is 11.5. The Balaban J connectivity index is 2.61. The molecular weight excluding hydrogens is 244 g/mol. The zero-order chi connectivity index (χ0) is 14.3. The van der Waals surface area contributed by atoms with E-state index in [1.165, 1.54) is 6.07 Å². The van der Waals surface area contributed by atoms with E-state index in [0.717, 1.165) is 0 Å². The number of carboxylic acid groups (broad SMARTS) is 1. The van der Waals surface area contributed by atoms with Crippen LogP contribution >= 0.6 is 0 Å². The molecule has 2 amide bonds. The third-order valence-corrected chi connectivity index (χ3v) is 2.44. The predicted octanol–water partition coefficient (Wildman–Crippen LogP) is 2.23. The van der Waals surface area contributed by atoms with Crippen molar-refractivity contribution in [2.45, 2.75) is 20.3 Å². The van der Waals surface area contributed by atoms with Gasteiger partial charge in [0.05, 0.1) is 5.56 Å². The molecule has 0 fully saturated rings. The third-order valence-electron chi connectivity index (χ3n) is 2.44. The molecule has 0 aliphatic rings. The first-order valence-corrected chi connectivity index (χ1v) is 5.83. The number of hydrogen-bond acceptors (Lipinski definition) is 2. The van der Waals surface area contributed by atoms with Crippen molar-refractivity contribution >= 4 is 17.7 Å². The Kier molecular flexibility index (Phi) is 5.42. The Bertz CT molecular complexity index is 541. The predicted molar refractivity (Wildman–Crippen MR) is 73.2 cm³/mol. The number of nitrogens with one attached hydrogen (secondary N) is 2. The molecule has 100 valence electrons. The second-order valence-electron chi connectivity index (χ2n) is 3.89. The molecule has 5 nitrogen and oxygen atoms in total. The summed E-state index contributed by atoms with van der Waals surface area (Å²) in [5, 5.41) is 14.2. The van der Waals surface area contributed by atoms with Gasteiger partial charge in [0.15, 0.2) is 0 Å². The van der Waals surface area contributed by atoms with Gasteiger partial charge in [0.1, 0.15) is 0 Å². The van der Waals surface area contributed by atoms with E-state index in [0.29, 0.717) is 24.2 Å². The van der Waals surface area contributed by atoms with Gasteiger partial charge in [0.2, 0.25) is 0 Å². The molecule has 5 heteroatoms. The lowest BCUT2D eigenvalue weighted by molar-refractivity contribution is 0.0696. The van der Waals surface area contributed by atoms with Crippen LogP contribution in [-0.4, -0.2) is 23.7 Å². The van der Waals surface area contributed by atoms with E-state index >= 15 is 0 Å². The van der Waals surface area contributed by atoms with Crippen LogP contribution in [0.5, 0.6) is 0 Å². The summed E-state index contributed by atoms with van der Waals surface area (Å²) in [4.78, 5) is 22.5. The number of benzene rings is 1. The third kappa shape index (κ3) is 4.72. The first-order chi connectivity index (χ1) is 9.04. The van der Waals surface area contributed by atoms with Gasteiger partial charge in [-0.1, -0.05) is 6.07 Å². The van der Waals surface area contributed by atoms with Crippen LogP contribution in [0.1, 0.15) is 29.3 Å². The van der Waals surface area contributed by atoms with Gasteiger partial charge in [-0.05, 0) is 31.5 Å². The number of amides is 2. The number of aromatic carboxylic acids is 1. The standard InChI is InChI=1S/C14H16N2O3/c1-3-4-5-8-15-14(19)16-11-7-6-10(2)12(9-11)13(17)18/h6-7,9H,5,8H2,1-2H3,(H,17,18)(H2,15,16,19). The molecule has 0 spiro atoms. The van der Waals surface area contributed by atoms with Crippen LogP contribution in [0.25, 0.3) is 0 Å². The van der Waals surface area contributed by atoms with E-state index in [9.17, 15) is 9.59 Å². The molecule has 3 N–H and O–H groups in total. The lowest BCUT2D eigenvalue weighted by Crippen LogP contribution is -2.29. The molecule has 1 rings (SSSR count). The summed E-state index contributed by atoms with van der Waals surface area (Å²) >= 11 is 0. The highest BCUT2D eigenvalue weighted by atomic mass is 16.4. The average Bonchev–Trinajstić information content (AvgIpc) is 2.36. The highest BCUT2D eigenvalue weighted by molar-refractivity contribution is 5.94. The molecule has 1 aromatic carbocycles. The Labute approximate surface area is 112 Å². The van der Waals surface area contributed by atoms with Gasteiger partial charge in [-0.2, -0.15) is 0 Å². The summed E-state index contributed by atoms with van der Waals surface area (Å²) in [7, 11) is 0. The maximum Gasteiger partial charge on any atom is 0.336 e. The van der Waals surface area contributed by atoms with E-state index < -0.39 is 5.97 Å². The SMILES string of the molecule is CC#CCCNC(=O)Nc1ccc(C)c(C(=O)O)c1. The lowest BCUT2D eigenvalue weighted by atomic mass is 10.1. The Morgan fingerprint density at radius 1 is 1.37 bits per heavy atom. The van der Waals surface area contributed by atoms with Gasteiger partial charge in [-0.15, -0.1) is 11.8 Å². The van der Waals surface area contributed by atoms with E-state index in [-0.39, 0.29) is 11.6 Å². The minimum atomic E-state index is -1.01. The Hall–Kier alpha value is -2.48. The van der Waals surface area contributed by atoms with Gasteiger partial charge >= 0.3 is 12.0 Å². The van der Waals surface area contributed by atoms with Crippen molar-refractivity contribution < 1.29 is 14.7 Å². The molecule has 0 aromatic heterocycles. The molecule has 0 saturated heterocycles. The second kappa shape index (κ2) is 7.07. The quantitative estimate of drug-likeness (QED) is 0.573. The van der Waals surface area contributed by atoms with Crippen molar-refractivity contribution in [3.63, 3.8) is 0 Å². The molecular formula is C14H16N2O3. The molecule has 0 saturated carbocycles. The topological polar surface area (TPSA) is 78.4 Å². The van der Waals surface area contributed by atoms with Crippen molar-refractivity contribution in [2.75, 3.05) is 11.9 Å².